The molecule has 0 unspecified atom stereocenters. The van der Waals surface area contributed by atoms with E-state index in [0.29, 0.717) is 0 Å². The summed E-state index contributed by atoms with van der Waals surface area (Å²) in [5, 5.41) is 1.60. The Bertz CT molecular complexity index is 2830. The number of benzene rings is 4. The molecule has 4 aliphatic rings. The van der Waals surface area contributed by atoms with Gasteiger partial charge < -0.3 is 18.9 Å². The zero-order valence-electron chi connectivity index (χ0n) is 32.5. The molecule has 10 rings (SSSR count). The van der Waals surface area contributed by atoms with E-state index in [1.54, 1.807) is 28.4 Å². The maximum atomic E-state index is 8.33. The van der Waals surface area contributed by atoms with Gasteiger partial charge >= 0.3 is 6.27 Å². The van der Waals surface area contributed by atoms with Gasteiger partial charge in [-0.1, -0.05) is 48.5 Å². The number of rotatable bonds is 8. The molecule has 4 aliphatic heterocycles. The van der Waals surface area contributed by atoms with Crippen LogP contribution in [0.2, 0.25) is 0 Å². The average Bonchev–Trinajstić information content (AvgIpc) is 4.11. The molecule has 2 aromatic heterocycles. The van der Waals surface area contributed by atoms with Crippen LogP contribution in [0.25, 0.3) is 22.3 Å². The van der Waals surface area contributed by atoms with Crippen molar-refractivity contribution in [1.29, 1.82) is 0 Å². The minimum atomic E-state index is -3.57. The topological polar surface area (TPSA) is 71.5 Å². The summed E-state index contributed by atoms with van der Waals surface area (Å²) in [4.78, 5) is 10.9. The number of halogens is 2. The fourth-order valence-electron chi connectivity index (χ4n) is 8.24. The number of allylic oxidation sites excluding steroid dienone is 4. The molecule has 0 saturated heterocycles. The highest BCUT2D eigenvalue weighted by molar-refractivity contribution is 8.15. The van der Waals surface area contributed by atoms with Gasteiger partial charge in [0.15, 0.2) is 22.5 Å². The molecule has 0 saturated carbocycles. The smallest absolute Gasteiger partial charge is 0.409 e. The van der Waals surface area contributed by atoms with E-state index in [1.807, 2.05) is 97.1 Å². The van der Waals surface area contributed by atoms with Crippen LogP contribution in [0.15, 0.2) is 167 Å². The van der Waals surface area contributed by atoms with E-state index < -0.39 is 6.27 Å². The summed E-state index contributed by atoms with van der Waals surface area (Å²) in [6, 6.07) is 40.4. The fraction of sp³-hybridized carbons (Fsp3) is 0.0833. The molecule has 0 fully saturated rings. The number of aromatic nitrogens is 2. The number of ether oxygens (including phenoxy) is 4. The van der Waals surface area contributed by atoms with Crippen LogP contribution in [0.3, 0.4) is 0 Å². The normalized spacial score (nSPS) is 16.0. The predicted octanol–water partition coefficient (Wildman–Crippen LogP) is 9.84. The Labute approximate surface area is 351 Å². The van der Waals surface area contributed by atoms with Crippen LogP contribution in [0.5, 0.6) is 23.0 Å². The first-order chi connectivity index (χ1) is 28.8. The van der Waals surface area contributed by atoms with Gasteiger partial charge in [0, 0.05) is 22.3 Å². The number of fused-ring (bicyclic) bond motifs is 2. The molecule has 0 N–H and O–H groups in total. The van der Waals surface area contributed by atoms with Crippen LogP contribution in [0.1, 0.15) is 33.6 Å². The Morgan fingerprint density at radius 2 is 0.712 bits per heavy atom. The fourth-order valence-corrected chi connectivity index (χ4v) is 12.1. The van der Waals surface area contributed by atoms with Crippen molar-refractivity contribution in [2.45, 2.75) is 0 Å². The highest BCUT2D eigenvalue weighted by Crippen LogP contribution is 2.72. The number of hydrogen-bond donors (Lipinski definition) is 0. The van der Waals surface area contributed by atoms with Gasteiger partial charge in [-0.3, -0.25) is 0 Å². The molecule has 6 aromatic rings. The number of hydrogen-bond acceptors (Lipinski definition) is 6. The molecule has 0 amide bonds. The van der Waals surface area contributed by atoms with Crippen molar-refractivity contribution < 1.29 is 18.9 Å². The molecule has 0 aliphatic carbocycles. The summed E-state index contributed by atoms with van der Waals surface area (Å²) < 4.78 is 26.6. The summed E-state index contributed by atoms with van der Waals surface area (Å²) in [7, 11) is 6.66. The van der Waals surface area contributed by atoms with Crippen molar-refractivity contribution in [1.82, 2.24) is 8.68 Å². The zero-order chi connectivity index (χ0) is 40.4. The van der Waals surface area contributed by atoms with Crippen LogP contribution < -0.4 is 29.6 Å². The Balaban J connectivity index is 1.42. The van der Waals surface area contributed by atoms with Gasteiger partial charge in [0.05, 0.1) is 73.3 Å². The van der Waals surface area contributed by atoms with Crippen LogP contribution in [-0.2, 0) is 0 Å². The Morgan fingerprint density at radius 3 is 1.03 bits per heavy atom. The molecule has 4 aromatic carbocycles. The molecule has 11 heteroatoms. The molecule has 0 spiro atoms. The Hall–Kier alpha value is -6.31. The summed E-state index contributed by atoms with van der Waals surface area (Å²) in [6.45, 7) is 0. The van der Waals surface area contributed by atoms with E-state index >= 15 is 0 Å². The summed E-state index contributed by atoms with van der Waals surface area (Å²) >= 11 is 16.7. The molecule has 8 nitrogen and oxygen atoms in total. The molecule has 0 radical (unpaired) electrons. The first kappa shape index (κ1) is 37.0. The molecular weight excluding hydrogens is 798 g/mol. The van der Waals surface area contributed by atoms with Gasteiger partial charge in [0.25, 0.3) is 0 Å². The lowest BCUT2D eigenvalue weighted by Crippen LogP contribution is -2.33. The molecular formula is C48H36Cl2N4O4P+. The monoisotopic (exact) mass is 833 g/mol. The highest BCUT2D eigenvalue weighted by Gasteiger charge is 2.49. The third-order valence-corrected chi connectivity index (χ3v) is 14.7. The van der Waals surface area contributed by atoms with Crippen LogP contribution in [0.4, 0.5) is 0 Å². The van der Waals surface area contributed by atoms with Gasteiger partial charge in [0.2, 0.25) is 0 Å². The van der Waals surface area contributed by atoms with E-state index in [1.165, 1.54) is 0 Å². The number of nitrogens with zero attached hydrogens (tertiary/aromatic N) is 4. The average molecular weight is 835 g/mol. The standard InChI is InChI=1S/C48H36Cl2N4O4P/c1-55-33-13-5-29(6-14-33)45-37-21-22-38(51-37)46(30-7-15-34(56-2)16-8-30)43-27-28-44-48(32-11-19-36(58-4)20-12-32)40-24-23-39(52-40)47(31-9-17-35(57-3)18-10-31)42-26-25-41(45)53(42)59(49,50)54(43)44/h5-28H,1-4H3/q+1. The van der Waals surface area contributed by atoms with Crippen molar-refractivity contribution in [2.24, 2.45) is 9.98 Å². The van der Waals surface area contributed by atoms with Crippen molar-refractivity contribution in [2.75, 3.05) is 28.4 Å². The van der Waals surface area contributed by atoms with Gasteiger partial charge in [-0.05, 0) is 119 Å². The van der Waals surface area contributed by atoms with Crippen molar-refractivity contribution >= 4 is 62.5 Å². The van der Waals surface area contributed by atoms with Crippen LogP contribution in [0, 0.1) is 0 Å². The van der Waals surface area contributed by atoms with Gasteiger partial charge in [-0.15, -0.1) is 0 Å². The van der Waals surface area contributed by atoms with E-state index in [4.69, 9.17) is 51.4 Å². The second kappa shape index (κ2) is 14.5. The van der Waals surface area contributed by atoms with Crippen LogP contribution in [-0.4, -0.2) is 48.5 Å². The third kappa shape index (κ3) is 6.01. The maximum absolute atomic E-state index is 8.33. The van der Waals surface area contributed by atoms with E-state index in [-0.39, 0.29) is 0 Å². The van der Waals surface area contributed by atoms with E-state index in [2.05, 4.69) is 57.2 Å². The van der Waals surface area contributed by atoms with Crippen LogP contribution >= 0.6 is 28.8 Å². The minimum absolute atomic E-state index is 0.742. The largest absolute Gasteiger partial charge is 0.497 e. The third-order valence-electron chi connectivity index (χ3n) is 11.0. The lowest BCUT2D eigenvalue weighted by Gasteiger charge is -2.24. The number of aliphatic imine (C=N–C) groups is 2. The highest BCUT2D eigenvalue weighted by atomic mass is 35.9. The minimum Gasteiger partial charge on any atom is -0.497 e. The van der Waals surface area contributed by atoms with Gasteiger partial charge in [0.1, 0.15) is 23.0 Å². The summed E-state index contributed by atoms with van der Waals surface area (Å²) in [5.41, 5.74) is 11.8. The van der Waals surface area contributed by atoms with Crippen molar-refractivity contribution in [3.63, 3.8) is 0 Å². The second-order valence-corrected chi connectivity index (χ2v) is 19.2. The second-order valence-electron chi connectivity index (χ2n) is 14.1. The zero-order valence-corrected chi connectivity index (χ0v) is 34.9. The SMILES string of the molecule is COc1ccc(C2=C3C=CC(=N3)C(c3ccc(OC)cc3)=c3ccc4n3[P+](Cl)(Cl)n3c2ccc3C(c2ccc(OC)cc2)=C2C=CC(=N2)C=4c2ccc(OC)cc2)cc1. The molecule has 6 heterocycles. The van der Waals surface area contributed by atoms with Crippen molar-refractivity contribution in [3.8, 4) is 23.0 Å². The van der Waals surface area contributed by atoms with E-state index in [9.17, 15) is 0 Å². The summed E-state index contributed by atoms with van der Waals surface area (Å²) in [5.74, 6) is 2.97. The number of methoxy groups -OCH3 is 4. The van der Waals surface area contributed by atoms with Gasteiger partial charge in [-0.25, -0.2) is 9.98 Å². The van der Waals surface area contributed by atoms with E-state index in [0.717, 1.165) is 112 Å². The van der Waals surface area contributed by atoms with Gasteiger partial charge in [-0.2, -0.15) is 8.68 Å². The maximum Gasteiger partial charge on any atom is 0.409 e. The predicted molar refractivity (Wildman–Crippen MR) is 240 cm³/mol. The molecule has 6 bridgehead atoms. The molecule has 59 heavy (non-hydrogen) atoms. The van der Waals surface area contributed by atoms with Crippen molar-refractivity contribution in [3.05, 3.63) is 201 Å². The first-order valence-electron chi connectivity index (χ1n) is 18.9. The molecule has 290 valence electrons. The Morgan fingerprint density at radius 1 is 0.390 bits per heavy atom. The lowest BCUT2D eigenvalue weighted by atomic mass is 10.0. The first-order valence-corrected chi connectivity index (χ1v) is 22.4. The summed E-state index contributed by atoms with van der Waals surface area (Å²) in [6.07, 6.45) is 4.72. The lowest BCUT2D eigenvalue weighted by molar-refractivity contribution is 0.414. The Kier molecular flexibility index (Phi) is 9.09. The quantitative estimate of drug-likeness (QED) is 0.143. The molecule has 0 atom stereocenters.